The zero-order valence-corrected chi connectivity index (χ0v) is 6.12. The van der Waals surface area contributed by atoms with Gasteiger partial charge in [-0.3, -0.25) is 4.99 Å². The molecule has 1 aliphatic rings. The number of aliphatic imine (C=N–C) groups is 1. The fourth-order valence-corrected chi connectivity index (χ4v) is 1.19. The van der Waals surface area contributed by atoms with E-state index in [0.717, 1.165) is 18.5 Å². The molecule has 2 heterocycles. The van der Waals surface area contributed by atoms with Crippen molar-refractivity contribution in [3.8, 4) is 0 Å². The van der Waals surface area contributed by atoms with Crippen LogP contribution in [0.15, 0.2) is 17.3 Å². The number of anilines is 1. The summed E-state index contributed by atoms with van der Waals surface area (Å²) in [5.74, 6) is 0.567. The minimum absolute atomic E-state index is 0.567. The zero-order valence-electron chi connectivity index (χ0n) is 6.12. The molecule has 1 aromatic heterocycles. The van der Waals surface area contributed by atoms with E-state index in [9.17, 15) is 0 Å². The van der Waals surface area contributed by atoms with Gasteiger partial charge in [0.2, 0.25) is 0 Å². The van der Waals surface area contributed by atoms with Crippen molar-refractivity contribution in [1.29, 1.82) is 0 Å². The van der Waals surface area contributed by atoms with E-state index in [1.165, 1.54) is 5.56 Å². The lowest BCUT2D eigenvalue weighted by Crippen LogP contribution is -2.04. The Bertz CT molecular complexity index is 304. The van der Waals surface area contributed by atoms with Gasteiger partial charge in [0.1, 0.15) is 5.82 Å². The molecule has 0 bridgehead atoms. The summed E-state index contributed by atoms with van der Waals surface area (Å²) >= 11 is 0. The van der Waals surface area contributed by atoms with Crippen molar-refractivity contribution in [2.24, 2.45) is 4.99 Å². The minimum atomic E-state index is 0.567. The van der Waals surface area contributed by atoms with Crippen LogP contribution in [-0.4, -0.2) is 17.7 Å². The summed E-state index contributed by atoms with van der Waals surface area (Å²) in [6, 6.07) is 1.86. The molecule has 3 heteroatoms. The molecule has 2 N–H and O–H groups in total. The first kappa shape index (κ1) is 6.34. The van der Waals surface area contributed by atoms with E-state index < -0.39 is 0 Å². The molecule has 0 saturated heterocycles. The van der Waals surface area contributed by atoms with Crippen LogP contribution in [0.5, 0.6) is 0 Å². The van der Waals surface area contributed by atoms with Crippen LogP contribution in [0.4, 0.5) is 5.82 Å². The summed E-state index contributed by atoms with van der Waals surface area (Å²) in [5.41, 5.74) is 7.87. The number of rotatable bonds is 0. The third kappa shape index (κ3) is 1.09. The number of fused-ring (bicyclic) bond motifs is 1. The van der Waals surface area contributed by atoms with Crippen molar-refractivity contribution in [2.45, 2.75) is 6.42 Å². The summed E-state index contributed by atoms with van der Waals surface area (Å²) < 4.78 is 0. The van der Waals surface area contributed by atoms with Crippen LogP contribution < -0.4 is 5.73 Å². The summed E-state index contributed by atoms with van der Waals surface area (Å²) in [6.07, 6.45) is 4.67. The molecule has 0 aromatic carbocycles. The Kier molecular flexibility index (Phi) is 1.35. The number of pyridine rings is 1. The Morgan fingerprint density at radius 2 is 2.36 bits per heavy atom. The Hall–Kier alpha value is -1.38. The van der Waals surface area contributed by atoms with Crippen molar-refractivity contribution in [1.82, 2.24) is 4.98 Å². The fourth-order valence-electron chi connectivity index (χ4n) is 1.19. The van der Waals surface area contributed by atoms with Crippen LogP contribution in [0.2, 0.25) is 0 Å². The second-order valence-corrected chi connectivity index (χ2v) is 2.59. The van der Waals surface area contributed by atoms with Crippen LogP contribution in [-0.2, 0) is 6.42 Å². The van der Waals surface area contributed by atoms with E-state index in [4.69, 9.17) is 5.73 Å². The lowest BCUT2D eigenvalue weighted by molar-refractivity contribution is 0.942. The topological polar surface area (TPSA) is 51.3 Å². The van der Waals surface area contributed by atoms with Gasteiger partial charge in [-0.25, -0.2) is 4.98 Å². The van der Waals surface area contributed by atoms with Crippen molar-refractivity contribution in [3.05, 3.63) is 23.4 Å². The maximum atomic E-state index is 5.51. The zero-order chi connectivity index (χ0) is 7.68. The lowest BCUT2D eigenvalue weighted by Gasteiger charge is -2.08. The fraction of sp³-hybridized carbons (Fsp3) is 0.250. The number of nitrogen functional groups attached to an aromatic ring is 1. The minimum Gasteiger partial charge on any atom is -0.384 e. The first-order valence-corrected chi connectivity index (χ1v) is 3.60. The SMILES string of the molecule is Nc1cc2c(cn1)CCN=C2. The van der Waals surface area contributed by atoms with E-state index in [2.05, 4.69) is 9.98 Å². The highest BCUT2D eigenvalue weighted by atomic mass is 14.8. The molecule has 1 aromatic rings. The standard InChI is InChI=1S/C8H9N3/c9-8-3-7-4-10-2-1-6(7)5-11-8/h3-5H,1-2H2,(H2,9,11). The van der Waals surface area contributed by atoms with Crippen molar-refractivity contribution < 1.29 is 0 Å². The summed E-state index contributed by atoms with van der Waals surface area (Å²) in [5, 5.41) is 0. The van der Waals surface area contributed by atoms with Crippen LogP contribution in [0.3, 0.4) is 0 Å². The molecule has 0 radical (unpaired) electrons. The van der Waals surface area contributed by atoms with E-state index in [-0.39, 0.29) is 0 Å². The van der Waals surface area contributed by atoms with Crippen molar-refractivity contribution in [2.75, 3.05) is 12.3 Å². The van der Waals surface area contributed by atoms with Crippen LogP contribution >= 0.6 is 0 Å². The second-order valence-electron chi connectivity index (χ2n) is 2.59. The monoisotopic (exact) mass is 147 g/mol. The molecule has 2 rings (SSSR count). The molecular weight excluding hydrogens is 138 g/mol. The van der Waals surface area contributed by atoms with E-state index in [1.807, 2.05) is 18.5 Å². The largest absolute Gasteiger partial charge is 0.384 e. The predicted octanol–water partition coefficient (Wildman–Crippen LogP) is 0.639. The molecule has 11 heavy (non-hydrogen) atoms. The van der Waals surface area contributed by atoms with Gasteiger partial charge in [-0.1, -0.05) is 0 Å². The van der Waals surface area contributed by atoms with Crippen LogP contribution in [0.1, 0.15) is 11.1 Å². The highest BCUT2D eigenvalue weighted by Crippen LogP contribution is 2.12. The summed E-state index contributed by atoms with van der Waals surface area (Å²) in [4.78, 5) is 8.16. The molecule has 0 saturated carbocycles. The number of nitrogens with zero attached hydrogens (tertiary/aromatic N) is 2. The molecule has 0 unspecified atom stereocenters. The smallest absolute Gasteiger partial charge is 0.123 e. The quantitative estimate of drug-likeness (QED) is 0.585. The van der Waals surface area contributed by atoms with Crippen LogP contribution in [0.25, 0.3) is 0 Å². The maximum Gasteiger partial charge on any atom is 0.123 e. The van der Waals surface area contributed by atoms with Crippen molar-refractivity contribution in [3.63, 3.8) is 0 Å². The average molecular weight is 147 g/mol. The van der Waals surface area contributed by atoms with Crippen molar-refractivity contribution >= 4 is 12.0 Å². The number of nitrogens with two attached hydrogens (primary N) is 1. The lowest BCUT2D eigenvalue weighted by atomic mass is 10.1. The van der Waals surface area contributed by atoms with Gasteiger partial charge in [0.25, 0.3) is 0 Å². The van der Waals surface area contributed by atoms with Gasteiger partial charge in [0.05, 0.1) is 0 Å². The molecule has 0 spiro atoms. The van der Waals surface area contributed by atoms with Gasteiger partial charge in [-0.15, -0.1) is 0 Å². The van der Waals surface area contributed by atoms with Gasteiger partial charge in [-0.2, -0.15) is 0 Å². The Morgan fingerprint density at radius 3 is 3.27 bits per heavy atom. The maximum absolute atomic E-state index is 5.51. The number of hydrogen-bond donors (Lipinski definition) is 1. The normalized spacial score (nSPS) is 14.5. The first-order chi connectivity index (χ1) is 5.36. The third-order valence-electron chi connectivity index (χ3n) is 1.78. The number of hydrogen-bond acceptors (Lipinski definition) is 3. The van der Waals surface area contributed by atoms with E-state index >= 15 is 0 Å². The first-order valence-electron chi connectivity index (χ1n) is 3.60. The highest BCUT2D eigenvalue weighted by molar-refractivity contribution is 5.83. The Morgan fingerprint density at radius 1 is 1.45 bits per heavy atom. The second kappa shape index (κ2) is 2.34. The van der Waals surface area contributed by atoms with E-state index in [1.54, 1.807) is 0 Å². The molecule has 0 fully saturated rings. The number of aromatic nitrogens is 1. The predicted molar refractivity (Wildman–Crippen MR) is 44.8 cm³/mol. The molecular formula is C8H9N3. The molecule has 0 aliphatic carbocycles. The molecule has 0 atom stereocenters. The summed E-state index contributed by atoms with van der Waals surface area (Å²) in [6.45, 7) is 0.874. The van der Waals surface area contributed by atoms with E-state index in [0.29, 0.717) is 5.82 Å². The van der Waals surface area contributed by atoms with Gasteiger partial charge in [0, 0.05) is 24.5 Å². The molecule has 1 aliphatic heterocycles. The van der Waals surface area contributed by atoms with Gasteiger partial charge in [-0.05, 0) is 18.1 Å². The molecule has 0 amide bonds. The molecule has 56 valence electrons. The third-order valence-corrected chi connectivity index (χ3v) is 1.78. The van der Waals surface area contributed by atoms with Gasteiger partial charge in [0.15, 0.2) is 0 Å². The van der Waals surface area contributed by atoms with Gasteiger partial charge < -0.3 is 5.73 Å². The van der Waals surface area contributed by atoms with Crippen LogP contribution in [0, 0.1) is 0 Å². The highest BCUT2D eigenvalue weighted by Gasteiger charge is 2.04. The Labute approximate surface area is 65.0 Å². The summed E-state index contributed by atoms with van der Waals surface area (Å²) in [7, 11) is 0. The average Bonchev–Trinajstić information content (AvgIpc) is 2.04. The molecule has 3 nitrogen and oxygen atoms in total. The van der Waals surface area contributed by atoms with Gasteiger partial charge >= 0.3 is 0 Å². The Balaban J connectivity index is 2.54.